The van der Waals surface area contributed by atoms with E-state index in [1.54, 1.807) is 0 Å². The van der Waals surface area contributed by atoms with Crippen molar-refractivity contribution in [2.24, 2.45) is 10.8 Å². The second-order valence-corrected chi connectivity index (χ2v) is 9.24. The van der Waals surface area contributed by atoms with Gasteiger partial charge in [-0.1, -0.05) is 43.0 Å². The summed E-state index contributed by atoms with van der Waals surface area (Å²) >= 11 is 12.6. The van der Waals surface area contributed by atoms with Crippen LogP contribution in [0.25, 0.3) is 0 Å². The molecule has 4 saturated heterocycles. The maximum Gasteiger partial charge on any atom is 0.241 e. The summed E-state index contributed by atoms with van der Waals surface area (Å²) in [7, 11) is 0. The molecule has 4 aliphatic rings. The molecular weight excluding hydrogens is 343 g/mol. The van der Waals surface area contributed by atoms with Crippen molar-refractivity contribution in [1.29, 1.82) is 0 Å². The van der Waals surface area contributed by atoms with Gasteiger partial charge in [-0.25, -0.2) is 0 Å². The summed E-state index contributed by atoms with van der Waals surface area (Å²) in [6.07, 6.45) is 3.69. The number of hydrogen-bond acceptors (Lipinski definition) is 1. The van der Waals surface area contributed by atoms with Crippen LogP contribution in [0.3, 0.4) is 0 Å². The third kappa shape index (κ3) is 2.36. The van der Waals surface area contributed by atoms with Crippen LogP contribution in [0.1, 0.15) is 44.8 Å². The predicted octanol–water partition coefficient (Wildman–Crippen LogP) is 1.55. The van der Waals surface area contributed by atoms with Gasteiger partial charge in [0, 0.05) is 5.02 Å². The molecule has 0 radical (unpaired) electrons. The Morgan fingerprint density at radius 2 is 1.83 bits per heavy atom. The van der Waals surface area contributed by atoms with E-state index >= 15 is 0 Å². The molecule has 4 bridgehead atoms. The third-order valence-corrected chi connectivity index (χ3v) is 7.06. The highest BCUT2D eigenvalue weighted by atomic mass is 35.5. The lowest BCUT2D eigenvalue weighted by Crippen LogP contribution is -3.41. The summed E-state index contributed by atoms with van der Waals surface area (Å²) in [6.45, 7) is 8.21. The fraction of sp³-hybridized carbons (Fsp3) is 0.632. The number of quaternary nitrogens is 2. The molecule has 4 aliphatic heterocycles. The topological polar surface area (TPSA) is 26.0 Å². The molecule has 0 aromatic heterocycles. The first kappa shape index (κ1) is 16.8. The number of carbonyl (C=O) groups is 1. The maximum absolute atomic E-state index is 13.2. The Hall–Kier alpha value is -0.610. The smallest absolute Gasteiger partial charge is 0.241 e. The van der Waals surface area contributed by atoms with E-state index in [1.807, 2.05) is 12.1 Å². The molecule has 5 rings (SSSR count). The molecule has 2 atom stereocenters. The van der Waals surface area contributed by atoms with Gasteiger partial charge in [0.15, 0.2) is 5.78 Å². The van der Waals surface area contributed by atoms with Crippen LogP contribution >= 0.6 is 23.2 Å². The molecule has 3 nitrogen and oxygen atoms in total. The predicted molar refractivity (Wildman–Crippen MR) is 95.7 cm³/mol. The molecule has 24 heavy (non-hydrogen) atoms. The number of nitrogens with one attached hydrogen (secondary N) is 2. The van der Waals surface area contributed by atoms with Crippen LogP contribution in [0, 0.1) is 10.8 Å². The number of Topliss-reactive ketones (excluding diaryl/α,β-unsaturated/α-hetero) is 1. The Morgan fingerprint density at radius 1 is 1.17 bits per heavy atom. The van der Waals surface area contributed by atoms with E-state index in [9.17, 15) is 4.79 Å². The van der Waals surface area contributed by atoms with E-state index in [1.165, 1.54) is 15.4 Å². The molecule has 2 unspecified atom stereocenters. The van der Waals surface area contributed by atoms with Gasteiger partial charge < -0.3 is 0 Å². The van der Waals surface area contributed by atoms with Crippen molar-refractivity contribution in [2.45, 2.75) is 39.3 Å². The van der Waals surface area contributed by atoms with Crippen LogP contribution in [0.15, 0.2) is 18.2 Å². The SMILES string of the molecule is CCCCC12C[NH+]3CC(C)(C[NH+](C1)C3c1ccc(Cl)cc1Cl)C2=O. The molecule has 1 aromatic rings. The lowest BCUT2D eigenvalue weighted by Gasteiger charge is -2.60. The number of unbranched alkanes of at least 4 members (excludes halogenated alkanes) is 1. The Kier molecular flexibility index (Phi) is 4.00. The maximum atomic E-state index is 13.2. The quantitative estimate of drug-likeness (QED) is 0.828. The lowest BCUT2D eigenvalue weighted by atomic mass is 9.59. The summed E-state index contributed by atoms with van der Waals surface area (Å²) in [5, 5.41) is 1.45. The van der Waals surface area contributed by atoms with E-state index in [0.717, 1.165) is 50.5 Å². The number of rotatable bonds is 4. The van der Waals surface area contributed by atoms with Crippen molar-refractivity contribution in [2.75, 3.05) is 26.2 Å². The lowest BCUT2D eigenvalue weighted by molar-refractivity contribution is -1.18. The highest BCUT2D eigenvalue weighted by Crippen LogP contribution is 2.40. The molecule has 0 amide bonds. The number of ketones is 1. The molecule has 4 fully saturated rings. The molecule has 0 saturated carbocycles. The van der Waals surface area contributed by atoms with Gasteiger partial charge >= 0.3 is 0 Å². The van der Waals surface area contributed by atoms with Gasteiger partial charge in [0.2, 0.25) is 6.17 Å². The van der Waals surface area contributed by atoms with Crippen molar-refractivity contribution < 1.29 is 14.6 Å². The molecule has 5 heteroatoms. The summed E-state index contributed by atoms with van der Waals surface area (Å²) < 4.78 is 0. The first-order chi connectivity index (χ1) is 11.4. The minimum atomic E-state index is -0.162. The van der Waals surface area contributed by atoms with Crippen LogP contribution in [0.4, 0.5) is 0 Å². The van der Waals surface area contributed by atoms with Crippen molar-refractivity contribution in [3.63, 3.8) is 0 Å². The number of benzene rings is 1. The van der Waals surface area contributed by atoms with E-state index in [0.29, 0.717) is 17.0 Å². The average Bonchev–Trinajstić information content (AvgIpc) is 2.51. The van der Waals surface area contributed by atoms with Gasteiger partial charge in [-0.05, 0) is 31.5 Å². The minimum absolute atomic E-state index is 0.110. The minimum Gasteiger partial charge on any atom is -0.297 e. The van der Waals surface area contributed by atoms with Crippen LogP contribution in [0.2, 0.25) is 10.0 Å². The van der Waals surface area contributed by atoms with Gasteiger partial charge in [-0.2, -0.15) is 0 Å². The van der Waals surface area contributed by atoms with Gasteiger partial charge in [-0.15, -0.1) is 0 Å². The summed E-state index contributed by atoms with van der Waals surface area (Å²) in [4.78, 5) is 16.3. The van der Waals surface area contributed by atoms with Crippen LogP contribution in [-0.4, -0.2) is 32.0 Å². The molecule has 2 N–H and O–H groups in total. The van der Waals surface area contributed by atoms with E-state index in [-0.39, 0.29) is 10.8 Å². The number of hydrogen-bond donors (Lipinski definition) is 2. The number of carbonyl (C=O) groups excluding carboxylic acids is 1. The molecule has 130 valence electrons. The largest absolute Gasteiger partial charge is 0.297 e. The highest BCUT2D eigenvalue weighted by Gasteiger charge is 2.69. The van der Waals surface area contributed by atoms with Gasteiger partial charge in [0.05, 0.1) is 23.7 Å². The zero-order chi connectivity index (χ0) is 17.1. The highest BCUT2D eigenvalue weighted by molar-refractivity contribution is 6.35. The number of piperidine rings is 2. The summed E-state index contributed by atoms with van der Waals surface area (Å²) in [5.41, 5.74) is 0.914. The fourth-order valence-electron chi connectivity index (χ4n) is 5.76. The first-order valence-corrected chi connectivity index (χ1v) is 9.83. The van der Waals surface area contributed by atoms with Crippen molar-refractivity contribution in [3.8, 4) is 0 Å². The van der Waals surface area contributed by atoms with Crippen LogP contribution in [0.5, 0.6) is 0 Å². The Morgan fingerprint density at radius 3 is 2.42 bits per heavy atom. The first-order valence-electron chi connectivity index (χ1n) is 9.08. The average molecular weight is 369 g/mol. The standard InChI is InChI=1S/C19H24Cl2N2O/c1-3-4-7-19-11-22-9-18(2,17(19)24)10-23(12-19)16(22)14-6-5-13(20)8-15(14)21/h5-6,8,16H,3-4,7,9-12H2,1-2H3/p+2. The Labute approximate surface area is 153 Å². The van der Waals surface area contributed by atoms with Gasteiger partial charge in [-0.3, -0.25) is 14.6 Å². The second-order valence-electron chi connectivity index (χ2n) is 8.40. The third-order valence-electron chi connectivity index (χ3n) is 6.49. The monoisotopic (exact) mass is 368 g/mol. The van der Waals surface area contributed by atoms with Crippen LogP contribution < -0.4 is 9.80 Å². The van der Waals surface area contributed by atoms with Gasteiger partial charge in [0.25, 0.3) is 0 Å². The Balaban J connectivity index is 1.71. The van der Waals surface area contributed by atoms with Crippen molar-refractivity contribution in [1.82, 2.24) is 0 Å². The fourth-order valence-corrected chi connectivity index (χ4v) is 6.28. The van der Waals surface area contributed by atoms with E-state index in [4.69, 9.17) is 23.2 Å². The Bertz CT molecular complexity index is 674. The van der Waals surface area contributed by atoms with Crippen molar-refractivity contribution >= 4 is 29.0 Å². The van der Waals surface area contributed by atoms with Crippen LogP contribution in [-0.2, 0) is 4.79 Å². The summed E-state index contributed by atoms with van der Waals surface area (Å²) in [5.74, 6) is 0.539. The molecule has 1 aromatic carbocycles. The summed E-state index contributed by atoms with van der Waals surface area (Å²) in [6, 6.07) is 5.87. The normalized spacial score (nSPS) is 40.3. The molecular formula is C19H26Cl2N2O+2. The molecule has 4 heterocycles. The van der Waals surface area contributed by atoms with Gasteiger partial charge in [0.1, 0.15) is 23.9 Å². The molecule has 0 spiro atoms. The second kappa shape index (κ2) is 5.70. The van der Waals surface area contributed by atoms with E-state index < -0.39 is 0 Å². The van der Waals surface area contributed by atoms with Crippen molar-refractivity contribution in [3.05, 3.63) is 33.8 Å². The number of halogens is 2. The van der Waals surface area contributed by atoms with E-state index in [2.05, 4.69) is 19.9 Å². The zero-order valence-electron chi connectivity index (χ0n) is 14.4. The molecule has 0 aliphatic carbocycles. The zero-order valence-corrected chi connectivity index (χ0v) is 15.9.